The first kappa shape index (κ1) is 21.5. The molecule has 3 aromatic carbocycles. The molecule has 0 amide bonds. The van der Waals surface area contributed by atoms with Crippen LogP contribution in [0, 0.1) is 17.4 Å². The van der Waals surface area contributed by atoms with Crippen LogP contribution in [0.3, 0.4) is 0 Å². The van der Waals surface area contributed by atoms with Crippen LogP contribution < -0.4 is 0 Å². The van der Waals surface area contributed by atoms with Gasteiger partial charge in [0.25, 0.3) is 0 Å². The number of para-hydroxylation sites is 2. The normalized spacial score (nSPS) is 10.5. The number of rotatable bonds is 3. The van der Waals surface area contributed by atoms with Crippen LogP contribution in [0.25, 0.3) is 44.8 Å². The Morgan fingerprint density at radius 3 is 2.41 bits per heavy atom. The van der Waals surface area contributed by atoms with Gasteiger partial charge in [0.1, 0.15) is 17.6 Å². The Hall–Kier alpha value is -3.74. The molecule has 6 heteroatoms. The number of nitrogens with zero attached hydrogens (tertiary/aromatic N) is 4. The molecule has 0 atom stereocenters. The van der Waals surface area contributed by atoms with Gasteiger partial charge in [-0.3, -0.25) is 4.98 Å². The van der Waals surface area contributed by atoms with Gasteiger partial charge in [0.15, 0.2) is 0 Å². The molecule has 0 aliphatic heterocycles. The van der Waals surface area contributed by atoms with Gasteiger partial charge >= 0.3 is 0 Å². The van der Waals surface area contributed by atoms with E-state index in [4.69, 9.17) is 10.2 Å². The van der Waals surface area contributed by atoms with Gasteiger partial charge in [-0.15, -0.1) is 29.8 Å². The number of phenolic OH excluding ortho intramolecular Hbond substituents is 1. The van der Waals surface area contributed by atoms with Gasteiger partial charge in [0.2, 0.25) is 0 Å². The molecule has 0 unspecified atom stereocenters. The number of benzene rings is 3. The van der Waals surface area contributed by atoms with E-state index in [1.54, 1.807) is 24.4 Å². The second-order valence-electron chi connectivity index (χ2n) is 7.21. The quantitative estimate of drug-likeness (QED) is 0.286. The summed E-state index contributed by atoms with van der Waals surface area (Å²) >= 11 is 0. The molecule has 0 bridgehead atoms. The van der Waals surface area contributed by atoms with Crippen molar-refractivity contribution in [1.29, 1.82) is 5.26 Å². The van der Waals surface area contributed by atoms with Crippen LogP contribution in [0.15, 0.2) is 79.0 Å². The first-order chi connectivity index (χ1) is 15.2. The van der Waals surface area contributed by atoms with Crippen molar-refractivity contribution in [1.82, 2.24) is 14.5 Å². The number of aromatic nitrogens is 3. The summed E-state index contributed by atoms with van der Waals surface area (Å²) in [4.78, 5) is 9.26. The first-order valence-corrected chi connectivity index (χ1v) is 9.79. The van der Waals surface area contributed by atoms with Crippen LogP contribution in [0.1, 0.15) is 5.56 Å². The summed E-state index contributed by atoms with van der Waals surface area (Å²) in [5, 5.41) is 19.3. The summed E-state index contributed by atoms with van der Waals surface area (Å²) in [6, 6.07) is 28.3. The Morgan fingerprint density at radius 1 is 0.906 bits per heavy atom. The standard InChI is InChI=1S/C26H17N4O.Pt/c1-30-23-10-5-9-20(25(23)29-26(30)21-8-2-3-11-24(21)31)18-6-4-7-19(14-18)22-13-12-17(15-27)16-28-22;/h2-13,16,31H,1H3;/q-1;. The number of imidazole rings is 1. The Kier molecular flexibility index (Phi) is 5.90. The van der Waals surface area contributed by atoms with Crippen LogP contribution in [0.2, 0.25) is 0 Å². The van der Waals surface area contributed by atoms with Crippen molar-refractivity contribution in [3.63, 3.8) is 0 Å². The van der Waals surface area contributed by atoms with E-state index in [2.05, 4.69) is 17.1 Å². The molecule has 0 saturated heterocycles. The Morgan fingerprint density at radius 2 is 1.66 bits per heavy atom. The van der Waals surface area contributed by atoms with Crippen LogP contribution in [0.4, 0.5) is 0 Å². The van der Waals surface area contributed by atoms with Crippen molar-refractivity contribution in [2.75, 3.05) is 0 Å². The number of fused-ring (bicyclic) bond motifs is 1. The summed E-state index contributed by atoms with van der Waals surface area (Å²) in [5.41, 5.74) is 6.46. The zero-order chi connectivity index (χ0) is 21.4. The van der Waals surface area contributed by atoms with Gasteiger partial charge < -0.3 is 9.67 Å². The largest absolute Gasteiger partial charge is 0.507 e. The smallest absolute Gasteiger partial charge is 0.143 e. The molecule has 2 heterocycles. The van der Waals surface area contributed by atoms with E-state index < -0.39 is 0 Å². The zero-order valence-corrected chi connectivity index (χ0v) is 19.3. The minimum Gasteiger partial charge on any atom is -0.507 e. The number of pyridine rings is 1. The Balaban J connectivity index is 0.00000245. The minimum absolute atomic E-state index is 0. The number of phenols is 1. The van der Waals surface area contributed by atoms with E-state index in [-0.39, 0.29) is 26.8 Å². The average Bonchev–Trinajstić information content (AvgIpc) is 3.16. The number of aromatic hydroxyl groups is 1. The fraction of sp³-hybridized carbons (Fsp3) is 0.0385. The molecule has 5 rings (SSSR count). The van der Waals surface area contributed by atoms with Gasteiger partial charge in [-0.25, -0.2) is 4.98 Å². The van der Waals surface area contributed by atoms with Crippen LogP contribution in [-0.2, 0) is 28.1 Å². The third-order valence-corrected chi connectivity index (χ3v) is 5.31. The molecular weight excluding hydrogens is 579 g/mol. The number of hydrogen-bond donors (Lipinski definition) is 1. The van der Waals surface area contributed by atoms with Crippen LogP contribution >= 0.6 is 0 Å². The van der Waals surface area contributed by atoms with Gasteiger partial charge in [0.05, 0.1) is 22.2 Å². The molecule has 0 fully saturated rings. The van der Waals surface area contributed by atoms with E-state index in [0.717, 1.165) is 33.4 Å². The molecule has 0 radical (unpaired) electrons. The van der Waals surface area contributed by atoms with Crippen molar-refractivity contribution in [2.24, 2.45) is 7.05 Å². The maximum atomic E-state index is 10.3. The molecule has 0 saturated carbocycles. The molecule has 0 aliphatic carbocycles. The predicted molar refractivity (Wildman–Crippen MR) is 120 cm³/mol. The predicted octanol–water partition coefficient (Wildman–Crippen LogP) is 5.34. The number of nitriles is 1. The van der Waals surface area contributed by atoms with Gasteiger partial charge in [-0.1, -0.05) is 41.5 Å². The van der Waals surface area contributed by atoms with Crippen molar-refractivity contribution in [3.05, 3.63) is 90.6 Å². The van der Waals surface area contributed by atoms with Crippen LogP contribution in [0.5, 0.6) is 5.75 Å². The van der Waals surface area contributed by atoms with Gasteiger partial charge in [-0.05, 0) is 24.3 Å². The number of aryl methyl sites for hydroxylation is 1. The second kappa shape index (κ2) is 8.78. The fourth-order valence-electron chi connectivity index (χ4n) is 3.73. The van der Waals surface area contributed by atoms with Gasteiger partial charge in [-0.2, -0.15) is 5.26 Å². The van der Waals surface area contributed by atoms with Crippen molar-refractivity contribution in [2.45, 2.75) is 0 Å². The first-order valence-electron chi connectivity index (χ1n) is 9.79. The molecule has 5 aromatic rings. The van der Waals surface area contributed by atoms with E-state index in [0.29, 0.717) is 17.0 Å². The minimum atomic E-state index is 0. The summed E-state index contributed by atoms with van der Waals surface area (Å²) < 4.78 is 1.99. The molecule has 5 nitrogen and oxygen atoms in total. The van der Waals surface area contributed by atoms with Crippen molar-refractivity contribution < 1.29 is 26.2 Å². The molecule has 32 heavy (non-hydrogen) atoms. The molecule has 0 spiro atoms. The third kappa shape index (κ3) is 3.70. The third-order valence-electron chi connectivity index (χ3n) is 5.31. The van der Waals surface area contributed by atoms with E-state index in [1.165, 1.54) is 0 Å². The Labute approximate surface area is 199 Å². The fourth-order valence-corrected chi connectivity index (χ4v) is 3.73. The summed E-state index contributed by atoms with van der Waals surface area (Å²) in [7, 11) is 1.95. The monoisotopic (exact) mass is 596 g/mol. The van der Waals surface area contributed by atoms with Crippen molar-refractivity contribution >= 4 is 11.0 Å². The summed E-state index contributed by atoms with van der Waals surface area (Å²) in [6.45, 7) is 0. The zero-order valence-electron chi connectivity index (χ0n) is 17.1. The van der Waals surface area contributed by atoms with Crippen LogP contribution in [-0.4, -0.2) is 19.6 Å². The van der Waals surface area contributed by atoms with E-state index in [9.17, 15) is 5.11 Å². The van der Waals surface area contributed by atoms with E-state index >= 15 is 0 Å². The van der Waals surface area contributed by atoms with Gasteiger partial charge in [0, 0.05) is 40.0 Å². The number of hydrogen-bond acceptors (Lipinski definition) is 4. The maximum Gasteiger partial charge on any atom is 0.143 e. The maximum absolute atomic E-state index is 10.3. The topological polar surface area (TPSA) is 74.7 Å². The summed E-state index contributed by atoms with van der Waals surface area (Å²) in [5.74, 6) is 0.897. The Bertz CT molecular complexity index is 1470. The van der Waals surface area contributed by atoms with Crippen molar-refractivity contribution in [3.8, 4) is 45.6 Å². The molecule has 1 N–H and O–H groups in total. The average molecular weight is 597 g/mol. The molecule has 158 valence electrons. The molecule has 2 aromatic heterocycles. The summed E-state index contributed by atoms with van der Waals surface area (Å²) in [6.07, 6.45) is 1.56. The SMILES string of the molecule is Cn1c(-c2ccccc2O)nc2c(-c3[c-]c(-c4ccc(C#N)cn4)ccc3)cccc21.[Pt]. The van der Waals surface area contributed by atoms with E-state index in [1.807, 2.05) is 66.2 Å². The second-order valence-corrected chi connectivity index (χ2v) is 7.21. The molecular formula is C26H17N4OPt-. The molecule has 0 aliphatic rings.